The Morgan fingerprint density at radius 1 is 0.479 bits per heavy atom. The summed E-state index contributed by atoms with van der Waals surface area (Å²) in [4.78, 5) is 19.6. The van der Waals surface area contributed by atoms with Gasteiger partial charge in [0.25, 0.3) is 0 Å². The van der Waals surface area contributed by atoms with Gasteiger partial charge in [-0.2, -0.15) is 0 Å². The lowest BCUT2D eigenvalue weighted by Crippen LogP contribution is -2.17. The first-order chi connectivity index (χ1) is 22.1. The first-order valence-corrected chi connectivity index (χ1v) is 16.7. The normalized spacial score (nSPS) is 13.4. The molecule has 0 spiro atoms. The number of hydrogen-bond acceptors (Lipinski definition) is 6. The number of fused-ring (bicyclic) bond motifs is 2. The maximum absolute atomic E-state index is 11.4. The van der Waals surface area contributed by atoms with Crippen molar-refractivity contribution in [1.29, 1.82) is 0 Å². The maximum atomic E-state index is 11.4. The Morgan fingerprint density at radius 3 is 1.15 bits per heavy atom. The van der Waals surface area contributed by atoms with Crippen LogP contribution >= 0.6 is 0 Å². The molecule has 2 N–H and O–H groups in total. The molecule has 0 aliphatic rings. The molecule has 6 nitrogen and oxygen atoms in total. The number of rotatable bonds is 4. The van der Waals surface area contributed by atoms with Gasteiger partial charge < -0.3 is 10.2 Å². The van der Waals surface area contributed by atoms with Gasteiger partial charge in [-0.1, -0.05) is 107 Å². The fourth-order valence-electron chi connectivity index (χ4n) is 5.65. The van der Waals surface area contributed by atoms with Gasteiger partial charge in [-0.3, -0.25) is 9.98 Å². The highest BCUT2D eigenvalue weighted by molar-refractivity contribution is 5.96. The Kier molecular flexibility index (Phi) is 8.79. The quantitative estimate of drug-likeness (QED) is 0.151. The van der Waals surface area contributed by atoms with E-state index >= 15 is 0 Å². The zero-order valence-corrected chi connectivity index (χ0v) is 30.6. The van der Waals surface area contributed by atoms with Crippen LogP contribution in [0, 0.1) is 0 Å². The average molecular weight is 643 g/mol. The highest BCUT2D eigenvalue weighted by atomic mass is 16.3. The van der Waals surface area contributed by atoms with E-state index in [1.807, 2.05) is 48.5 Å². The SMILES string of the molecule is CC(C)(C)c1cc(C=Nc2cc3nc4ccccc4nc3cc2N=Cc2cc(C(C)(C)C)cc(C(C)(C)C)c2O)c(O)c(C(C)(C)C)c1. The second-order valence-electron chi connectivity index (χ2n) is 17.0. The fraction of sp³-hybridized carbons (Fsp3) is 0.381. The molecule has 0 saturated carbocycles. The first kappa shape index (κ1) is 34.7. The van der Waals surface area contributed by atoms with Crippen molar-refractivity contribution in [3.63, 3.8) is 0 Å². The third kappa shape index (κ3) is 7.28. The minimum Gasteiger partial charge on any atom is -0.507 e. The summed E-state index contributed by atoms with van der Waals surface area (Å²) in [5.74, 6) is 0.434. The summed E-state index contributed by atoms with van der Waals surface area (Å²) >= 11 is 0. The molecule has 48 heavy (non-hydrogen) atoms. The van der Waals surface area contributed by atoms with Gasteiger partial charge in [-0.05, 0) is 69.2 Å². The van der Waals surface area contributed by atoms with E-state index < -0.39 is 0 Å². The van der Waals surface area contributed by atoms with Crippen LogP contribution in [0.25, 0.3) is 22.1 Å². The molecule has 0 atom stereocenters. The van der Waals surface area contributed by atoms with Gasteiger partial charge in [0.1, 0.15) is 11.5 Å². The van der Waals surface area contributed by atoms with Crippen molar-refractivity contribution >= 4 is 45.9 Å². The zero-order chi connectivity index (χ0) is 35.4. The second-order valence-corrected chi connectivity index (χ2v) is 17.0. The number of aromatic hydroxyl groups is 2. The Hall–Kier alpha value is -4.58. The third-order valence-corrected chi connectivity index (χ3v) is 8.75. The Bertz CT molecular complexity index is 1930. The molecule has 0 bridgehead atoms. The maximum Gasteiger partial charge on any atom is 0.128 e. The molecule has 0 radical (unpaired) electrons. The number of phenols is 2. The number of aliphatic imine (C=N–C) groups is 2. The molecule has 0 fully saturated rings. The van der Waals surface area contributed by atoms with Crippen LogP contribution in [0.4, 0.5) is 11.4 Å². The fourth-order valence-corrected chi connectivity index (χ4v) is 5.65. The van der Waals surface area contributed by atoms with E-state index in [0.717, 1.165) is 33.3 Å². The van der Waals surface area contributed by atoms with Gasteiger partial charge in [-0.15, -0.1) is 0 Å². The van der Waals surface area contributed by atoms with Crippen LogP contribution in [-0.4, -0.2) is 32.6 Å². The van der Waals surface area contributed by atoms with Crippen molar-refractivity contribution in [2.24, 2.45) is 9.98 Å². The molecule has 0 aliphatic heterocycles. The lowest BCUT2D eigenvalue weighted by atomic mass is 9.79. The van der Waals surface area contributed by atoms with E-state index in [9.17, 15) is 10.2 Å². The molecule has 0 amide bonds. The Balaban J connectivity index is 1.72. The van der Waals surface area contributed by atoms with E-state index in [-0.39, 0.29) is 33.2 Å². The molecule has 0 aliphatic carbocycles. The largest absolute Gasteiger partial charge is 0.507 e. The molecule has 250 valence electrons. The minimum absolute atomic E-state index is 0.124. The molecule has 1 heterocycles. The summed E-state index contributed by atoms with van der Waals surface area (Å²) in [7, 11) is 0. The van der Waals surface area contributed by atoms with Crippen LogP contribution < -0.4 is 0 Å². The predicted octanol–water partition coefficient (Wildman–Crippen LogP) is 10.9. The van der Waals surface area contributed by atoms with E-state index in [1.54, 1.807) is 12.4 Å². The van der Waals surface area contributed by atoms with Gasteiger partial charge in [0.2, 0.25) is 0 Å². The number of aromatic nitrogens is 2. The lowest BCUT2D eigenvalue weighted by molar-refractivity contribution is 0.443. The van der Waals surface area contributed by atoms with E-state index in [1.165, 1.54) is 0 Å². The average Bonchev–Trinajstić information content (AvgIpc) is 2.96. The van der Waals surface area contributed by atoms with Crippen molar-refractivity contribution in [2.45, 2.75) is 105 Å². The molecule has 0 saturated heterocycles. The van der Waals surface area contributed by atoms with Crippen LogP contribution in [0.1, 0.15) is 116 Å². The van der Waals surface area contributed by atoms with Crippen LogP contribution in [0.3, 0.4) is 0 Å². The summed E-state index contributed by atoms with van der Waals surface area (Å²) in [6, 6.07) is 19.8. The number of nitrogens with zero attached hydrogens (tertiary/aromatic N) is 4. The summed E-state index contributed by atoms with van der Waals surface area (Å²) < 4.78 is 0. The monoisotopic (exact) mass is 642 g/mol. The number of hydrogen-bond donors (Lipinski definition) is 2. The topological polar surface area (TPSA) is 91.0 Å². The van der Waals surface area contributed by atoms with Crippen LogP contribution in [0.15, 0.2) is 70.6 Å². The molecular formula is C42H50N4O2. The van der Waals surface area contributed by atoms with E-state index in [4.69, 9.17) is 20.0 Å². The Labute approximate surface area is 285 Å². The van der Waals surface area contributed by atoms with Crippen molar-refractivity contribution in [1.82, 2.24) is 9.97 Å². The summed E-state index contributed by atoms with van der Waals surface area (Å²) in [5.41, 5.74) is 8.57. The van der Waals surface area contributed by atoms with Crippen molar-refractivity contribution in [3.05, 3.63) is 94.0 Å². The summed E-state index contributed by atoms with van der Waals surface area (Å²) in [6.07, 6.45) is 3.42. The zero-order valence-electron chi connectivity index (χ0n) is 30.6. The second kappa shape index (κ2) is 12.1. The van der Waals surface area contributed by atoms with Gasteiger partial charge in [0.15, 0.2) is 0 Å². The number of phenolic OH excluding ortho intramolecular Hbond substituents is 2. The van der Waals surface area contributed by atoms with Crippen molar-refractivity contribution in [3.8, 4) is 11.5 Å². The number of benzene rings is 4. The molecule has 6 heteroatoms. The van der Waals surface area contributed by atoms with Gasteiger partial charge in [0, 0.05) is 34.7 Å². The minimum atomic E-state index is -0.265. The molecule has 5 rings (SSSR count). The van der Waals surface area contributed by atoms with Crippen molar-refractivity contribution < 1.29 is 10.2 Å². The third-order valence-electron chi connectivity index (χ3n) is 8.75. The molecule has 4 aromatic carbocycles. The molecular weight excluding hydrogens is 592 g/mol. The summed E-state index contributed by atoms with van der Waals surface area (Å²) in [6.45, 7) is 25.6. The number of para-hydroxylation sites is 2. The van der Waals surface area contributed by atoms with Gasteiger partial charge >= 0.3 is 0 Å². The predicted molar refractivity (Wildman–Crippen MR) is 203 cm³/mol. The van der Waals surface area contributed by atoms with E-state index in [2.05, 4.69) is 95.2 Å². The van der Waals surface area contributed by atoms with Crippen LogP contribution in [-0.2, 0) is 21.7 Å². The summed E-state index contributed by atoms with van der Waals surface area (Å²) in [5, 5.41) is 22.9. The highest BCUT2D eigenvalue weighted by Gasteiger charge is 2.26. The van der Waals surface area contributed by atoms with Crippen LogP contribution in [0.2, 0.25) is 0 Å². The standard InChI is InChI=1S/C42H50N4O2/c1-39(2,3)27-17-25(37(47)29(19-27)41(7,8)9)23-43-33-21-35-36(46-32-16-14-13-15-31(32)45-35)22-34(33)44-24-26-18-28(40(4,5)6)20-30(38(26)48)42(10,11)12/h13-24,47-48H,1-12H3. The van der Waals surface area contributed by atoms with Gasteiger partial charge in [0.05, 0.1) is 33.4 Å². The molecule has 1 aromatic heterocycles. The first-order valence-electron chi connectivity index (χ1n) is 16.7. The van der Waals surface area contributed by atoms with Gasteiger partial charge in [-0.25, -0.2) is 9.97 Å². The molecule has 0 unspecified atom stereocenters. The van der Waals surface area contributed by atoms with Crippen LogP contribution in [0.5, 0.6) is 11.5 Å². The highest BCUT2D eigenvalue weighted by Crippen LogP contribution is 2.40. The van der Waals surface area contributed by atoms with Crippen molar-refractivity contribution in [2.75, 3.05) is 0 Å². The molecule has 5 aromatic rings. The van der Waals surface area contributed by atoms with E-state index in [0.29, 0.717) is 33.5 Å². The Morgan fingerprint density at radius 2 is 0.833 bits per heavy atom. The smallest absolute Gasteiger partial charge is 0.128 e. The lowest BCUT2D eigenvalue weighted by Gasteiger charge is -2.27.